The Labute approximate surface area is 549 Å². The molecule has 0 rings (SSSR count). The van der Waals surface area contributed by atoms with Crippen LogP contribution in [0.1, 0.15) is 363 Å². The summed E-state index contributed by atoms with van der Waals surface area (Å²) in [5.41, 5.74) is 0. The lowest BCUT2D eigenvalue weighted by atomic mass is 9.99. The van der Waals surface area contributed by atoms with Crippen LogP contribution in [0, 0.1) is 11.8 Å². The first-order valence-electron chi connectivity index (χ1n) is 37.1. The molecule has 0 spiro atoms. The van der Waals surface area contributed by atoms with Crippen molar-refractivity contribution in [2.45, 2.75) is 381 Å². The van der Waals surface area contributed by atoms with Gasteiger partial charge in [-0.1, -0.05) is 311 Å². The van der Waals surface area contributed by atoms with Crippen LogP contribution in [0.15, 0.2) is 0 Å². The van der Waals surface area contributed by atoms with Gasteiger partial charge in [0.1, 0.15) is 19.3 Å². The third kappa shape index (κ3) is 62.2. The van der Waals surface area contributed by atoms with Crippen molar-refractivity contribution in [1.29, 1.82) is 0 Å². The molecule has 0 aliphatic rings. The van der Waals surface area contributed by atoms with E-state index in [1.54, 1.807) is 0 Å². The highest BCUT2D eigenvalue weighted by molar-refractivity contribution is 7.47. The number of aliphatic hydroxyl groups is 1. The van der Waals surface area contributed by atoms with Crippen LogP contribution in [0.2, 0.25) is 0 Å². The van der Waals surface area contributed by atoms with Crippen molar-refractivity contribution in [3.05, 3.63) is 0 Å². The summed E-state index contributed by atoms with van der Waals surface area (Å²) in [7, 11) is -9.90. The molecule has 0 amide bonds. The zero-order chi connectivity index (χ0) is 66.5. The first-order valence-corrected chi connectivity index (χ1v) is 40.1. The maximum atomic E-state index is 13.0. The Morgan fingerprint density at radius 3 is 0.789 bits per heavy atom. The molecule has 0 fully saturated rings. The van der Waals surface area contributed by atoms with E-state index in [0.29, 0.717) is 25.7 Å². The number of phosphoric acid groups is 2. The molecule has 0 aromatic heterocycles. The van der Waals surface area contributed by atoms with E-state index < -0.39 is 97.5 Å². The molecular weight excluding hydrogens is 1190 g/mol. The molecule has 7 atom stereocenters. The molecule has 534 valence electrons. The molecule has 0 saturated carbocycles. The molecule has 0 heterocycles. The number of hydrogen-bond acceptors (Lipinski definition) is 15. The molecule has 3 N–H and O–H groups in total. The van der Waals surface area contributed by atoms with E-state index in [-0.39, 0.29) is 25.7 Å². The van der Waals surface area contributed by atoms with Gasteiger partial charge in [0.15, 0.2) is 12.2 Å². The van der Waals surface area contributed by atoms with Gasteiger partial charge in [-0.05, 0) is 37.5 Å². The number of hydrogen-bond donors (Lipinski definition) is 3. The minimum Gasteiger partial charge on any atom is -0.462 e. The predicted octanol–water partition coefficient (Wildman–Crippen LogP) is 20.4. The highest BCUT2D eigenvalue weighted by Crippen LogP contribution is 2.45. The second kappa shape index (κ2) is 63.1. The summed E-state index contributed by atoms with van der Waals surface area (Å²) in [6, 6.07) is 0. The zero-order valence-electron chi connectivity index (χ0n) is 58.4. The molecule has 0 radical (unpaired) electrons. The monoisotopic (exact) mass is 1320 g/mol. The molecule has 0 aromatic rings. The number of aliphatic hydroxyl groups excluding tert-OH is 1. The molecule has 19 heteroatoms. The van der Waals surface area contributed by atoms with Crippen molar-refractivity contribution >= 4 is 39.5 Å². The van der Waals surface area contributed by atoms with Gasteiger partial charge in [-0.15, -0.1) is 0 Å². The largest absolute Gasteiger partial charge is 0.472 e. The van der Waals surface area contributed by atoms with Gasteiger partial charge in [0.2, 0.25) is 0 Å². The Morgan fingerprint density at radius 2 is 0.533 bits per heavy atom. The number of phosphoric ester groups is 2. The number of ether oxygens (including phenoxy) is 4. The molecular formula is C71H138O17P2. The highest BCUT2D eigenvalue weighted by Gasteiger charge is 2.30. The van der Waals surface area contributed by atoms with Crippen molar-refractivity contribution in [2.75, 3.05) is 39.6 Å². The lowest BCUT2D eigenvalue weighted by Gasteiger charge is -2.21. The van der Waals surface area contributed by atoms with E-state index in [1.807, 2.05) is 0 Å². The Morgan fingerprint density at radius 1 is 0.311 bits per heavy atom. The smallest absolute Gasteiger partial charge is 0.462 e. The third-order valence-corrected chi connectivity index (χ3v) is 19.1. The van der Waals surface area contributed by atoms with Crippen molar-refractivity contribution in [1.82, 2.24) is 0 Å². The summed E-state index contributed by atoms with van der Waals surface area (Å²) in [4.78, 5) is 72.6. The summed E-state index contributed by atoms with van der Waals surface area (Å²) in [6.45, 7) is 9.55. The lowest BCUT2D eigenvalue weighted by molar-refractivity contribution is -0.161. The van der Waals surface area contributed by atoms with Gasteiger partial charge < -0.3 is 33.8 Å². The quantitative estimate of drug-likeness (QED) is 0.0222. The Kier molecular flexibility index (Phi) is 61.8. The van der Waals surface area contributed by atoms with Crippen molar-refractivity contribution in [3.63, 3.8) is 0 Å². The normalized spacial score (nSPS) is 14.7. The fraction of sp³-hybridized carbons (Fsp3) is 0.944. The molecule has 90 heavy (non-hydrogen) atoms. The van der Waals surface area contributed by atoms with Gasteiger partial charge in [-0.3, -0.25) is 37.3 Å². The Bertz CT molecular complexity index is 1760. The first kappa shape index (κ1) is 88.1. The number of rotatable bonds is 70. The van der Waals surface area contributed by atoms with Crippen molar-refractivity contribution < 1.29 is 80.2 Å². The van der Waals surface area contributed by atoms with Crippen LogP contribution in [0.5, 0.6) is 0 Å². The SMILES string of the molecule is CCCCCCCCCCCCCCCC(=O)OC[C@H](COP(=O)(O)OC[C@@H](O)COP(=O)(O)OC[C@@H](COC(=O)CCCCCCCCC(C)CC)OC(=O)CCCCCCCCCCCCCCC)OC(=O)CCCCCCCCCCCCC(C)CC. The zero-order valence-corrected chi connectivity index (χ0v) is 60.2. The average Bonchev–Trinajstić information content (AvgIpc) is 3.14. The van der Waals surface area contributed by atoms with Gasteiger partial charge in [-0.25, -0.2) is 9.13 Å². The van der Waals surface area contributed by atoms with Crippen molar-refractivity contribution in [2.24, 2.45) is 11.8 Å². The fourth-order valence-electron chi connectivity index (χ4n) is 10.7. The highest BCUT2D eigenvalue weighted by atomic mass is 31.2. The van der Waals surface area contributed by atoms with Crippen LogP contribution in [0.4, 0.5) is 0 Å². The van der Waals surface area contributed by atoms with E-state index in [4.69, 9.17) is 37.0 Å². The van der Waals surface area contributed by atoms with Crippen molar-refractivity contribution in [3.8, 4) is 0 Å². The minimum absolute atomic E-state index is 0.106. The number of carbonyl (C=O) groups excluding carboxylic acids is 4. The van der Waals surface area contributed by atoms with E-state index in [9.17, 15) is 43.2 Å². The topological polar surface area (TPSA) is 237 Å². The summed E-state index contributed by atoms with van der Waals surface area (Å²) >= 11 is 0. The second-order valence-corrected chi connectivity index (χ2v) is 29.0. The maximum Gasteiger partial charge on any atom is 0.472 e. The standard InChI is InChI=1S/C71H138O17P2/c1-7-11-13-15-17-19-21-23-25-30-34-41-47-53-68(73)81-59-66(87-71(76)56-50-44-36-32-28-27-29-33-39-45-51-63(5)9-3)61-85-89(77,78)83-57-65(72)58-84-90(79,80)86-62-67(60-82-69(74)54-48-42-38-37-40-46-52-64(6)10-4)88-70(75)55-49-43-35-31-26-24-22-20-18-16-14-12-8-2/h63-67,72H,7-62H2,1-6H3,(H,77,78)(H,79,80)/t63?,64?,65-,66-,67-/m1/s1. The Hall–Kier alpha value is -1.94. The van der Waals surface area contributed by atoms with Crippen LogP contribution >= 0.6 is 15.6 Å². The van der Waals surface area contributed by atoms with Crippen LogP contribution < -0.4 is 0 Å². The van der Waals surface area contributed by atoms with E-state index >= 15 is 0 Å². The average molecular weight is 1330 g/mol. The van der Waals surface area contributed by atoms with Gasteiger partial charge in [0.05, 0.1) is 26.4 Å². The molecule has 0 aliphatic heterocycles. The van der Waals surface area contributed by atoms with Crippen LogP contribution in [-0.4, -0.2) is 96.7 Å². The van der Waals surface area contributed by atoms with E-state index in [1.165, 1.54) is 173 Å². The second-order valence-electron chi connectivity index (χ2n) is 26.1. The molecule has 0 aliphatic carbocycles. The predicted molar refractivity (Wildman–Crippen MR) is 363 cm³/mol. The molecule has 0 bridgehead atoms. The van der Waals surface area contributed by atoms with Crippen LogP contribution in [-0.2, 0) is 65.4 Å². The number of unbranched alkanes of at least 4 members (excludes halogenated alkanes) is 38. The fourth-order valence-corrected chi connectivity index (χ4v) is 12.3. The minimum atomic E-state index is -4.95. The summed E-state index contributed by atoms with van der Waals surface area (Å²) < 4.78 is 68.3. The number of esters is 4. The van der Waals surface area contributed by atoms with E-state index in [2.05, 4.69) is 41.5 Å². The lowest BCUT2D eigenvalue weighted by Crippen LogP contribution is -2.30. The van der Waals surface area contributed by atoms with Crippen LogP contribution in [0.3, 0.4) is 0 Å². The molecule has 17 nitrogen and oxygen atoms in total. The third-order valence-electron chi connectivity index (χ3n) is 17.2. The maximum absolute atomic E-state index is 13.0. The van der Waals surface area contributed by atoms with Gasteiger partial charge in [-0.2, -0.15) is 0 Å². The molecule has 0 saturated heterocycles. The van der Waals surface area contributed by atoms with Crippen LogP contribution in [0.25, 0.3) is 0 Å². The Balaban J connectivity index is 5.26. The number of carbonyl (C=O) groups is 4. The first-order chi connectivity index (χ1) is 43.4. The summed E-state index contributed by atoms with van der Waals surface area (Å²) in [5, 5.41) is 10.6. The summed E-state index contributed by atoms with van der Waals surface area (Å²) in [5.74, 6) is -0.587. The van der Waals surface area contributed by atoms with Gasteiger partial charge in [0, 0.05) is 25.7 Å². The van der Waals surface area contributed by atoms with E-state index in [0.717, 1.165) is 108 Å². The van der Waals surface area contributed by atoms with Gasteiger partial charge >= 0.3 is 39.5 Å². The molecule has 0 aromatic carbocycles. The molecule has 4 unspecified atom stereocenters. The van der Waals surface area contributed by atoms with Gasteiger partial charge in [0.25, 0.3) is 0 Å². The summed E-state index contributed by atoms with van der Waals surface area (Å²) in [6.07, 6.45) is 48.4.